The number of ether oxygens (including phenoxy) is 2. The molecule has 40 heavy (non-hydrogen) atoms. The summed E-state index contributed by atoms with van der Waals surface area (Å²) in [6.07, 6.45) is 5.18. The number of carbonyl (C=O) groups is 2. The van der Waals surface area contributed by atoms with Crippen LogP contribution in [0.25, 0.3) is 11.0 Å². The number of aromatic nitrogens is 3. The van der Waals surface area contributed by atoms with Gasteiger partial charge in [0.1, 0.15) is 29.6 Å². The van der Waals surface area contributed by atoms with Crippen molar-refractivity contribution in [1.82, 2.24) is 25.2 Å². The standard InChI is InChI=1S/C31H35N5O4/c1-39-24-17-18-25(28(19-24)40-2)30(31(38)32-23-13-7-4-8-14-23)35(20-22-11-5-3-6-12-22)29(37)21-36-27-16-10-9-15-26(27)33-34-36/h3,5-6,9-12,15-19,23,30H,4,7-8,13-14,20-21H2,1-2H3,(H,32,38)/t30-/m1/s1. The van der Waals surface area contributed by atoms with Crippen LogP contribution >= 0.6 is 0 Å². The Morgan fingerprint density at radius 1 is 0.975 bits per heavy atom. The maximum atomic E-state index is 14.2. The van der Waals surface area contributed by atoms with Gasteiger partial charge in [-0.2, -0.15) is 0 Å². The molecule has 5 rings (SSSR count). The van der Waals surface area contributed by atoms with Crippen LogP contribution in [0.1, 0.15) is 49.3 Å². The third kappa shape index (κ3) is 6.09. The number of methoxy groups -OCH3 is 2. The highest BCUT2D eigenvalue weighted by Crippen LogP contribution is 2.35. The molecule has 0 unspecified atom stereocenters. The molecule has 9 nitrogen and oxygen atoms in total. The van der Waals surface area contributed by atoms with Crippen molar-refractivity contribution in [3.63, 3.8) is 0 Å². The molecule has 208 valence electrons. The second-order valence-electron chi connectivity index (χ2n) is 10.1. The van der Waals surface area contributed by atoms with Crippen molar-refractivity contribution in [3.05, 3.63) is 83.9 Å². The molecule has 0 radical (unpaired) electrons. The number of fused-ring (bicyclic) bond motifs is 1. The van der Waals surface area contributed by atoms with Gasteiger partial charge in [0.2, 0.25) is 11.8 Å². The van der Waals surface area contributed by atoms with Gasteiger partial charge in [0.05, 0.1) is 19.7 Å². The molecule has 1 heterocycles. The molecule has 3 aromatic carbocycles. The lowest BCUT2D eigenvalue weighted by Gasteiger charge is -2.34. The van der Waals surface area contributed by atoms with Crippen LogP contribution < -0.4 is 14.8 Å². The maximum Gasteiger partial charge on any atom is 0.247 e. The minimum atomic E-state index is -0.940. The highest BCUT2D eigenvalue weighted by molar-refractivity contribution is 5.90. The van der Waals surface area contributed by atoms with Crippen molar-refractivity contribution >= 4 is 22.8 Å². The summed E-state index contributed by atoms with van der Waals surface area (Å²) in [5.41, 5.74) is 2.95. The number of nitrogens with one attached hydrogen (secondary N) is 1. The minimum Gasteiger partial charge on any atom is -0.497 e. The van der Waals surface area contributed by atoms with Crippen molar-refractivity contribution < 1.29 is 19.1 Å². The monoisotopic (exact) mass is 541 g/mol. The van der Waals surface area contributed by atoms with Crippen molar-refractivity contribution in [2.24, 2.45) is 0 Å². The van der Waals surface area contributed by atoms with E-state index in [4.69, 9.17) is 9.47 Å². The Morgan fingerprint density at radius 2 is 1.73 bits per heavy atom. The average Bonchev–Trinajstić information content (AvgIpc) is 3.40. The molecule has 2 amide bonds. The van der Waals surface area contributed by atoms with Crippen molar-refractivity contribution in [2.75, 3.05) is 14.2 Å². The number of amides is 2. The van der Waals surface area contributed by atoms with E-state index in [1.807, 2.05) is 54.6 Å². The van der Waals surface area contributed by atoms with Crippen molar-refractivity contribution in [2.45, 2.75) is 57.3 Å². The molecular formula is C31H35N5O4. The van der Waals surface area contributed by atoms with Gasteiger partial charge >= 0.3 is 0 Å². The van der Waals surface area contributed by atoms with E-state index in [1.54, 1.807) is 42.0 Å². The first-order chi connectivity index (χ1) is 19.6. The fourth-order valence-electron chi connectivity index (χ4n) is 5.38. The summed E-state index contributed by atoms with van der Waals surface area (Å²) in [4.78, 5) is 30.0. The van der Waals surface area contributed by atoms with E-state index in [2.05, 4.69) is 15.6 Å². The van der Waals surface area contributed by atoms with E-state index >= 15 is 0 Å². The first-order valence-electron chi connectivity index (χ1n) is 13.7. The first kappa shape index (κ1) is 27.2. The summed E-state index contributed by atoms with van der Waals surface area (Å²) in [5, 5.41) is 11.7. The van der Waals surface area contributed by atoms with Gasteiger partial charge in [-0.25, -0.2) is 4.68 Å². The molecule has 1 atom stereocenters. The molecule has 1 fully saturated rings. The molecule has 1 aromatic heterocycles. The van der Waals surface area contributed by atoms with Gasteiger partial charge in [0.15, 0.2) is 0 Å². The highest BCUT2D eigenvalue weighted by Gasteiger charge is 2.35. The Labute approximate surface area is 234 Å². The Balaban J connectivity index is 1.56. The van der Waals surface area contributed by atoms with Crippen LogP contribution in [-0.2, 0) is 22.7 Å². The Morgan fingerprint density at radius 3 is 2.48 bits per heavy atom. The van der Waals surface area contributed by atoms with Crippen LogP contribution in [0.4, 0.5) is 0 Å². The summed E-state index contributed by atoms with van der Waals surface area (Å²) in [6.45, 7) is 0.156. The van der Waals surface area contributed by atoms with Gasteiger partial charge in [-0.15, -0.1) is 5.10 Å². The Kier molecular flexibility index (Phi) is 8.59. The fourth-order valence-corrected chi connectivity index (χ4v) is 5.38. The molecule has 1 saturated carbocycles. The van der Waals surface area contributed by atoms with Gasteiger partial charge < -0.3 is 19.7 Å². The van der Waals surface area contributed by atoms with Crippen LogP contribution in [0.3, 0.4) is 0 Å². The summed E-state index contributed by atoms with van der Waals surface area (Å²) in [6, 6.07) is 21.6. The molecule has 0 aliphatic heterocycles. The van der Waals surface area contributed by atoms with E-state index in [1.165, 1.54) is 6.42 Å². The zero-order chi connectivity index (χ0) is 27.9. The van der Waals surface area contributed by atoms with Crippen LogP contribution in [0.5, 0.6) is 11.5 Å². The van der Waals surface area contributed by atoms with Gasteiger partial charge in [0.25, 0.3) is 0 Å². The summed E-state index contributed by atoms with van der Waals surface area (Å²) in [7, 11) is 3.13. The highest BCUT2D eigenvalue weighted by atomic mass is 16.5. The molecule has 4 aromatic rings. The molecule has 1 N–H and O–H groups in total. The lowest BCUT2D eigenvalue weighted by Crippen LogP contribution is -2.47. The Bertz CT molecular complexity index is 1450. The normalized spacial score (nSPS) is 14.4. The summed E-state index contributed by atoms with van der Waals surface area (Å²) >= 11 is 0. The van der Waals surface area contributed by atoms with Gasteiger partial charge in [0, 0.05) is 24.2 Å². The predicted molar refractivity (Wildman–Crippen MR) is 152 cm³/mol. The Hall–Kier alpha value is -4.40. The summed E-state index contributed by atoms with van der Waals surface area (Å²) in [5.74, 6) is 0.575. The van der Waals surface area contributed by atoms with Crippen LogP contribution in [0, 0.1) is 0 Å². The molecule has 0 spiro atoms. The van der Waals surface area contributed by atoms with Gasteiger partial charge in [-0.05, 0) is 42.7 Å². The van der Waals surface area contributed by atoms with Gasteiger partial charge in [-0.1, -0.05) is 66.9 Å². The molecule has 1 aliphatic rings. The first-order valence-corrected chi connectivity index (χ1v) is 13.7. The second kappa shape index (κ2) is 12.6. The van der Waals surface area contributed by atoms with E-state index in [9.17, 15) is 9.59 Å². The average molecular weight is 542 g/mol. The zero-order valence-corrected chi connectivity index (χ0v) is 23.0. The van der Waals surface area contributed by atoms with Crippen LogP contribution in [-0.4, -0.2) is 52.0 Å². The van der Waals surface area contributed by atoms with Crippen molar-refractivity contribution in [3.8, 4) is 11.5 Å². The van der Waals surface area contributed by atoms with Gasteiger partial charge in [-0.3, -0.25) is 9.59 Å². The molecule has 0 saturated heterocycles. The molecular weight excluding hydrogens is 506 g/mol. The molecule has 0 bridgehead atoms. The lowest BCUT2D eigenvalue weighted by atomic mass is 9.94. The SMILES string of the molecule is COc1ccc([C@H](C(=O)NC2CCCCC2)N(Cc2ccccc2)C(=O)Cn2nnc3ccccc32)c(OC)c1. The number of carbonyl (C=O) groups excluding carboxylic acids is 2. The second-order valence-corrected chi connectivity index (χ2v) is 10.1. The maximum absolute atomic E-state index is 14.2. The predicted octanol–water partition coefficient (Wildman–Crippen LogP) is 4.67. The largest absolute Gasteiger partial charge is 0.497 e. The number of benzene rings is 3. The number of hydrogen-bond donors (Lipinski definition) is 1. The fraction of sp³-hybridized carbons (Fsp3) is 0.355. The zero-order valence-electron chi connectivity index (χ0n) is 23.0. The number of hydrogen-bond acceptors (Lipinski definition) is 6. The van der Waals surface area contributed by atoms with Crippen LogP contribution in [0.15, 0.2) is 72.8 Å². The number of rotatable bonds is 10. The molecule has 1 aliphatic carbocycles. The van der Waals surface area contributed by atoms with E-state index < -0.39 is 6.04 Å². The number of nitrogens with zero attached hydrogens (tertiary/aromatic N) is 4. The van der Waals surface area contributed by atoms with E-state index in [0.29, 0.717) is 22.6 Å². The van der Waals surface area contributed by atoms with Crippen LogP contribution in [0.2, 0.25) is 0 Å². The minimum absolute atomic E-state index is 0.0703. The third-order valence-corrected chi connectivity index (χ3v) is 7.47. The van der Waals surface area contributed by atoms with E-state index in [-0.39, 0.29) is 30.9 Å². The third-order valence-electron chi connectivity index (χ3n) is 7.47. The van der Waals surface area contributed by atoms with Crippen molar-refractivity contribution in [1.29, 1.82) is 0 Å². The summed E-state index contributed by atoms with van der Waals surface area (Å²) < 4.78 is 12.7. The quantitative estimate of drug-likeness (QED) is 0.313. The smallest absolute Gasteiger partial charge is 0.247 e. The lowest BCUT2D eigenvalue weighted by molar-refractivity contribution is -0.142. The number of para-hydroxylation sites is 1. The molecule has 9 heteroatoms. The van der Waals surface area contributed by atoms with E-state index in [0.717, 1.165) is 36.8 Å². The topological polar surface area (TPSA) is 98.6 Å².